The molecular weight excluding hydrogens is 436 g/mol. The van der Waals surface area contributed by atoms with Crippen LogP contribution in [0.3, 0.4) is 0 Å². The van der Waals surface area contributed by atoms with Crippen LogP contribution in [0.25, 0.3) is 5.57 Å². The molecule has 1 aliphatic carbocycles. The molecule has 0 aromatic heterocycles. The number of halogens is 1. The SMILES string of the molecule is CCOC(=O)CCN1C=C(C(C)C)C(C)(c2ccc(C3=CCC(C)(C)CC3)c(Cl)c2)NC1=O. The first kappa shape index (κ1) is 25.4. The van der Waals surface area contributed by atoms with Crippen LogP contribution < -0.4 is 5.32 Å². The van der Waals surface area contributed by atoms with Crippen molar-refractivity contribution in [2.24, 2.45) is 11.3 Å². The maximum Gasteiger partial charge on any atom is 0.322 e. The lowest BCUT2D eigenvalue weighted by molar-refractivity contribution is -0.143. The number of rotatable bonds is 7. The Morgan fingerprint density at radius 1 is 1.27 bits per heavy atom. The van der Waals surface area contributed by atoms with E-state index in [1.807, 2.05) is 19.2 Å². The maximum absolute atomic E-state index is 13.0. The summed E-state index contributed by atoms with van der Waals surface area (Å²) in [5.41, 5.74) is 4.05. The molecule has 1 N–H and O–H groups in total. The average Bonchev–Trinajstić information content (AvgIpc) is 2.73. The number of nitrogens with one attached hydrogen (secondary N) is 1. The summed E-state index contributed by atoms with van der Waals surface area (Å²) in [5, 5.41) is 3.89. The highest BCUT2D eigenvalue weighted by atomic mass is 35.5. The molecule has 1 aromatic rings. The van der Waals surface area contributed by atoms with Gasteiger partial charge in [-0.3, -0.25) is 4.79 Å². The van der Waals surface area contributed by atoms with E-state index in [0.29, 0.717) is 17.0 Å². The Bertz CT molecular complexity index is 980. The van der Waals surface area contributed by atoms with Crippen molar-refractivity contribution in [3.8, 4) is 0 Å². The number of ether oxygens (including phenoxy) is 1. The molecule has 180 valence electrons. The molecule has 1 heterocycles. The zero-order chi connectivity index (χ0) is 24.4. The number of allylic oxidation sites excluding steroid dienone is 2. The molecule has 0 fully saturated rings. The Morgan fingerprint density at radius 3 is 2.58 bits per heavy atom. The van der Waals surface area contributed by atoms with Crippen molar-refractivity contribution in [3.63, 3.8) is 0 Å². The highest BCUT2D eigenvalue weighted by Crippen LogP contribution is 2.42. The molecule has 0 saturated carbocycles. The second kappa shape index (κ2) is 9.92. The van der Waals surface area contributed by atoms with Gasteiger partial charge in [-0.25, -0.2) is 4.79 Å². The fraction of sp³-hybridized carbons (Fsp3) is 0.556. The van der Waals surface area contributed by atoms with E-state index in [2.05, 4.69) is 51.2 Å². The average molecular weight is 473 g/mol. The summed E-state index contributed by atoms with van der Waals surface area (Å²) in [6.45, 7) is 13.2. The number of urea groups is 1. The van der Waals surface area contributed by atoms with Crippen molar-refractivity contribution in [2.75, 3.05) is 13.2 Å². The molecule has 2 aliphatic rings. The smallest absolute Gasteiger partial charge is 0.322 e. The summed E-state index contributed by atoms with van der Waals surface area (Å²) in [4.78, 5) is 26.3. The number of hydrogen-bond donors (Lipinski definition) is 1. The fourth-order valence-electron chi connectivity index (χ4n) is 4.70. The largest absolute Gasteiger partial charge is 0.466 e. The highest BCUT2D eigenvalue weighted by Gasteiger charge is 2.40. The molecule has 1 unspecified atom stereocenters. The van der Waals surface area contributed by atoms with E-state index in [0.717, 1.165) is 36.0 Å². The van der Waals surface area contributed by atoms with E-state index < -0.39 is 5.54 Å². The molecule has 1 aromatic carbocycles. The van der Waals surface area contributed by atoms with Crippen molar-refractivity contribution >= 4 is 29.2 Å². The van der Waals surface area contributed by atoms with Crippen LogP contribution in [0.1, 0.15) is 78.4 Å². The van der Waals surface area contributed by atoms with Crippen LogP contribution in [0.15, 0.2) is 36.0 Å². The maximum atomic E-state index is 13.0. The predicted molar refractivity (Wildman–Crippen MR) is 134 cm³/mol. The van der Waals surface area contributed by atoms with E-state index in [1.165, 1.54) is 5.57 Å². The Balaban J connectivity index is 1.89. The van der Waals surface area contributed by atoms with Gasteiger partial charge in [-0.05, 0) is 72.8 Å². The van der Waals surface area contributed by atoms with Crippen LogP contribution in [-0.2, 0) is 15.1 Å². The van der Waals surface area contributed by atoms with Crippen LogP contribution in [0.5, 0.6) is 0 Å². The Labute approximate surface area is 203 Å². The van der Waals surface area contributed by atoms with Crippen LogP contribution in [0, 0.1) is 11.3 Å². The first-order valence-corrected chi connectivity index (χ1v) is 12.3. The summed E-state index contributed by atoms with van der Waals surface area (Å²) in [5.74, 6) is -0.122. The highest BCUT2D eigenvalue weighted by molar-refractivity contribution is 6.32. The molecule has 0 radical (unpaired) electrons. The molecule has 6 heteroatoms. The van der Waals surface area contributed by atoms with Crippen LogP contribution in [0.4, 0.5) is 4.79 Å². The van der Waals surface area contributed by atoms with Gasteiger partial charge in [-0.1, -0.05) is 57.5 Å². The van der Waals surface area contributed by atoms with Gasteiger partial charge in [0.15, 0.2) is 0 Å². The summed E-state index contributed by atoms with van der Waals surface area (Å²) in [6.07, 6.45) is 7.58. The quantitative estimate of drug-likeness (QED) is 0.451. The zero-order valence-corrected chi connectivity index (χ0v) is 21.5. The molecule has 5 nitrogen and oxygen atoms in total. The molecule has 33 heavy (non-hydrogen) atoms. The van der Waals surface area contributed by atoms with Gasteiger partial charge in [0, 0.05) is 17.8 Å². The van der Waals surface area contributed by atoms with Crippen molar-refractivity contribution < 1.29 is 14.3 Å². The summed E-state index contributed by atoms with van der Waals surface area (Å²) in [6, 6.07) is 5.92. The van der Waals surface area contributed by atoms with Gasteiger partial charge < -0.3 is 15.0 Å². The third-order valence-electron chi connectivity index (χ3n) is 6.84. The van der Waals surface area contributed by atoms with E-state index in [-0.39, 0.29) is 30.9 Å². The third kappa shape index (κ3) is 5.63. The molecule has 1 atom stereocenters. The van der Waals surface area contributed by atoms with Crippen LogP contribution in [0.2, 0.25) is 5.02 Å². The summed E-state index contributed by atoms with van der Waals surface area (Å²) < 4.78 is 5.00. The fourth-order valence-corrected chi connectivity index (χ4v) is 5.00. The van der Waals surface area contributed by atoms with Gasteiger partial charge in [0.05, 0.1) is 18.6 Å². The third-order valence-corrected chi connectivity index (χ3v) is 7.15. The van der Waals surface area contributed by atoms with E-state index in [9.17, 15) is 9.59 Å². The number of benzene rings is 1. The number of hydrogen-bond acceptors (Lipinski definition) is 3. The van der Waals surface area contributed by atoms with E-state index >= 15 is 0 Å². The van der Waals surface area contributed by atoms with Gasteiger partial charge in [0.1, 0.15) is 0 Å². The monoisotopic (exact) mass is 472 g/mol. The minimum atomic E-state index is -0.684. The second-order valence-corrected chi connectivity index (χ2v) is 10.7. The van der Waals surface area contributed by atoms with Gasteiger partial charge in [-0.2, -0.15) is 0 Å². The van der Waals surface area contributed by atoms with Crippen LogP contribution >= 0.6 is 11.6 Å². The molecular formula is C27H37ClN2O3. The van der Waals surface area contributed by atoms with Crippen LogP contribution in [-0.4, -0.2) is 30.1 Å². The molecule has 0 bridgehead atoms. The number of nitrogens with zero attached hydrogens (tertiary/aromatic N) is 1. The minimum Gasteiger partial charge on any atom is -0.466 e. The Morgan fingerprint density at radius 2 is 2.00 bits per heavy atom. The zero-order valence-electron chi connectivity index (χ0n) is 20.8. The van der Waals surface area contributed by atoms with Gasteiger partial charge in [-0.15, -0.1) is 0 Å². The lowest BCUT2D eigenvalue weighted by Gasteiger charge is -2.42. The Hall–Kier alpha value is -2.27. The topological polar surface area (TPSA) is 58.6 Å². The predicted octanol–water partition coefficient (Wildman–Crippen LogP) is 6.67. The van der Waals surface area contributed by atoms with Crippen molar-refractivity contribution in [3.05, 3.63) is 52.2 Å². The van der Waals surface area contributed by atoms with Crippen molar-refractivity contribution in [1.29, 1.82) is 0 Å². The van der Waals surface area contributed by atoms with Gasteiger partial charge >= 0.3 is 12.0 Å². The lowest BCUT2D eigenvalue weighted by atomic mass is 9.76. The first-order chi connectivity index (χ1) is 15.5. The lowest BCUT2D eigenvalue weighted by Crippen LogP contribution is -2.55. The summed E-state index contributed by atoms with van der Waals surface area (Å²) >= 11 is 6.79. The molecule has 2 amide bonds. The molecule has 0 spiro atoms. The van der Waals surface area contributed by atoms with Crippen molar-refractivity contribution in [2.45, 2.75) is 72.8 Å². The number of carbonyl (C=O) groups excluding carboxylic acids is 2. The Kier molecular flexibility index (Phi) is 7.62. The van der Waals surface area contributed by atoms with E-state index in [4.69, 9.17) is 16.3 Å². The number of carbonyl (C=O) groups is 2. The first-order valence-electron chi connectivity index (χ1n) is 11.9. The normalized spacial score (nSPS) is 22.5. The van der Waals surface area contributed by atoms with E-state index in [1.54, 1.807) is 11.8 Å². The minimum absolute atomic E-state index is 0.159. The standard InChI is InChI=1S/C27H37ClN2O3/c1-7-33-24(31)12-15-30-17-22(18(2)3)27(6,29-25(30)32)20-8-9-21(23(28)16-20)19-10-13-26(4,5)14-11-19/h8-10,16-18H,7,11-15H2,1-6H3,(H,29,32). The molecule has 1 aliphatic heterocycles. The van der Waals surface area contributed by atoms with Crippen molar-refractivity contribution in [1.82, 2.24) is 10.2 Å². The van der Waals surface area contributed by atoms with Gasteiger partial charge in [0.2, 0.25) is 0 Å². The number of esters is 1. The number of amides is 2. The van der Waals surface area contributed by atoms with Gasteiger partial charge in [0.25, 0.3) is 0 Å². The second-order valence-electron chi connectivity index (χ2n) is 10.3. The summed E-state index contributed by atoms with van der Waals surface area (Å²) in [7, 11) is 0. The molecule has 0 saturated heterocycles. The molecule has 3 rings (SSSR count).